The summed E-state index contributed by atoms with van der Waals surface area (Å²) in [5, 5.41) is 2.84. The molecule has 0 fully saturated rings. The number of carbonyl (C=O) groups excluding carboxylic acids is 1. The average Bonchev–Trinajstić information content (AvgIpc) is 2.62. The summed E-state index contributed by atoms with van der Waals surface area (Å²) in [7, 11) is 2.98. The molecular formula is C16H15ClFN3O3S. The van der Waals surface area contributed by atoms with E-state index in [0.29, 0.717) is 22.7 Å². The lowest BCUT2D eigenvalue weighted by molar-refractivity contribution is 0.0944. The smallest absolute Gasteiger partial charge is 0.269 e. The molecule has 9 heteroatoms. The van der Waals surface area contributed by atoms with Gasteiger partial charge in [-0.3, -0.25) is 15.6 Å². The Morgan fingerprint density at radius 3 is 2.44 bits per heavy atom. The van der Waals surface area contributed by atoms with Crippen molar-refractivity contribution in [3.05, 3.63) is 52.8 Å². The lowest BCUT2D eigenvalue weighted by atomic mass is 10.2. The molecular weight excluding hydrogens is 369 g/mol. The van der Waals surface area contributed by atoms with Crippen molar-refractivity contribution in [2.75, 3.05) is 19.5 Å². The van der Waals surface area contributed by atoms with E-state index >= 15 is 0 Å². The van der Waals surface area contributed by atoms with E-state index in [4.69, 9.17) is 33.3 Å². The fourth-order valence-corrected chi connectivity index (χ4v) is 2.25. The van der Waals surface area contributed by atoms with Crippen LogP contribution in [0.5, 0.6) is 11.5 Å². The Hall–Kier alpha value is -2.58. The zero-order valence-corrected chi connectivity index (χ0v) is 14.9. The Kier molecular flexibility index (Phi) is 6.37. The van der Waals surface area contributed by atoms with E-state index in [9.17, 15) is 9.18 Å². The van der Waals surface area contributed by atoms with Gasteiger partial charge in [-0.2, -0.15) is 0 Å². The number of carbonyl (C=O) groups is 1. The molecule has 1 amide bonds. The zero-order valence-electron chi connectivity index (χ0n) is 13.4. The van der Waals surface area contributed by atoms with Crippen LogP contribution in [-0.2, 0) is 0 Å². The molecule has 132 valence electrons. The van der Waals surface area contributed by atoms with Crippen molar-refractivity contribution >= 4 is 40.5 Å². The number of ether oxygens (including phenoxy) is 2. The molecule has 0 spiro atoms. The van der Waals surface area contributed by atoms with Crippen LogP contribution in [0.1, 0.15) is 10.4 Å². The van der Waals surface area contributed by atoms with Crippen molar-refractivity contribution in [3.8, 4) is 11.5 Å². The van der Waals surface area contributed by atoms with Crippen molar-refractivity contribution < 1.29 is 18.7 Å². The summed E-state index contributed by atoms with van der Waals surface area (Å²) in [6.07, 6.45) is 0. The monoisotopic (exact) mass is 383 g/mol. The fraction of sp³-hybridized carbons (Fsp3) is 0.125. The number of nitrogens with one attached hydrogen (secondary N) is 3. The van der Waals surface area contributed by atoms with Crippen molar-refractivity contribution in [1.82, 2.24) is 10.9 Å². The van der Waals surface area contributed by atoms with Crippen LogP contribution in [0, 0.1) is 5.82 Å². The first-order valence-corrected chi connectivity index (χ1v) is 7.77. The number of anilines is 1. The fourth-order valence-electron chi connectivity index (χ4n) is 1.90. The number of hydrazine groups is 1. The summed E-state index contributed by atoms with van der Waals surface area (Å²) in [6, 6.07) is 8.77. The molecule has 0 heterocycles. The number of rotatable bonds is 4. The molecule has 0 unspecified atom stereocenters. The molecule has 0 saturated heterocycles. The molecule has 0 aliphatic carbocycles. The summed E-state index contributed by atoms with van der Waals surface area (Å²) in [5.41, 5.74) is 5.80. The highest BCUT2D eigenvalue weighted by Gasteiger charge is 2.11. The van der Waals surface area contributed by atoms with E-state index in [1.807, 2.05) is 0 Å². The first kappa shape index (κ1) is 18.8. The van der Waals surface area contributed by atoms with Crippen molar-refractivity contribution in [2.24, 2.45) is 0 Å². The second-order valence-electron chi connectivity index (χ2n) is 4.73. The van der Waals surface area contributed by atoms with Gasteiger partial charge in [-0.25, -0.2) is 4.39 Å². The SMILES string of the molecule is COc1ccc(C(=O)NNC(=S)Nc2ccc(F)c(Cl)c2)cc1OC. The number of hydrogen-bond donors (Lipinski definition) is 3. The van der Waals surface area contributed by atoms with Crippen LogP contribution < -0.4 is 25.6 Å². The molecule has 0 bridgehead atoms. The largest absolute Gasteiger partial charge is 0.493 e. The average molecular weight is 384 g/mol. The third-order valence-electron chi connectivity index (χ3n) is 3.11. The van der Waals surface area contributed by atoms with E-state index in [0.717, 1.165) is 0 Å². The molecule has 2 aromatic carbocycles. The maximum absolute atomic E-state index is 13.1. The molecule has 3 N–H and O–H groups in total. The van der Waals surface area contributed by atoms with Crippen molar-refractivity contribution in [1.29, 1.82) is 0 Å². The Balaban J connectivity index is 1.94. The highest BCUT2D eigenvalue weighted by atomic mass is 35.5. The third kappa shape index (κ3) is 4.94. The molecule has 0 radical (unpaired) electrons. The maximum atomic E-state index is 13.1. The lowest BCUT2D eigenvalue weighted by Crippen LogP contribution is -2.43. The number of benzene rings is 2. The van der Waals surface area contributed by atoms with Gasteiger partial charge in [0.05, 0.1) is 19.2 Å². The minimum Gasteiger partial charge on any atom is -0.493 e. The van der Waals surface area contributed by atoms with Gasteiger partial charge in [-0.05, 0) is 48.6 Å². The highest BCUT2D eigenvalue weighted by Crippen LogP contribution is 2.27. The van der Waals surface area contributed by atoms with Crippen LogP contribution in [0.25, 0.3) is 0 Å². The molecule has 6 nitrogen and oxygen atoms in total. The van der Waals surface area contributed by atoms with Gasteiger partial charge in [0.1, 0.15) is 5.82 Å². The molecule has 0 aliphatic heterocycles. The Bertz CT molecular complexity index is 804. The van der Waals surface area contributed by atoms with E-state index in [-0.39, 0.29) is 10.1 Å². The molecule has 2 rings (SSSR count). The van der Waals surface area contributed by atoms with Gasteiger partial charge in [0.2, 0.25) is 0 Å². The van der Waals surface area contributed by atoms with E-state index in [1.54, 1.807) is 12.1 Å². The van der Waals surface area contributed by atoms with Gasteiger partial charge >= 0.3 is 0 Å². The minimum atomic E-state index is -0.534. The molecule has 0 atom stereocenters. The first-order valence-electron chi connectivity index (χ1n) is 6.99. The summed E-state index contributed by atoms with van der Waals surface area (Å²) >= 11 is 10.7. The number of amides is 1. The van der Waals surface area contributed by atoms with Gasteiger partial charge in [-0.1, -0.05) is 11.6 Å². The highest BCUT2D eigenvalue weighted by molar-refractivity contribution is 7.80. The predicted molar refractivity (Wildman–Crippen MR) is 97.8 cm³/mol. The summed E-state index contributed by atoms with van der Waals surface area (Å²) in [4.78, 5) is 12.1. The van der Waals surface area contributed by atoms with Gasteiger partial charge in [-0.15, -0.1) is 0 Å². The third-order valence-corrected chi connectivity index (χ3v) is 3.61. The molecule has 0 saturated carbocycles. The second kappa shape index (κ2) is 8.50. The second-order valence-corrected chi connectivity index (χ2v) is 5.55. The number of halogens is 2. The van der Waals surface area contributed by atoms with Crippen LogP contribution in [0.15, 0.2) is 36.4 Å². The Morgan fingerprint density at radius 2 is 1.80 bits per heavy atom. The number of thiocarbonyl (C=S) groups is 1. The number of hydrogen-bond acceptors (Lipinski definition) is 4. The molecule has 2 aromatic rings. The van der Waals surface area contributed by atoms with Crippen LogP contribution in [-0.4, -0.2) is 25.2 Å². The zero-order chi connectivity index (χ0) is 18.4. The normalized spacial score (nSPS) is 9.92. The van der Waals surface area contributed by atoms with Gasteiger partial charge in [0.25, 0.3) is 5.91 Å². The Labute approximate surface area is 154 Å². The minimum absolute atomic E-state index is 0.0397. The Morgan fingerprint density at radius 1 is 1.08 bits per heavy atom. The quantitative estimate of drug-likeness (QED) is 0.556. The molecule has 25 heavy (non-hydrogen) atoms. The number of methoxy groups -OCH3 is 2. The summed E-state index contributed by atoms with van der Waals surface area (Å²) in [6.45, 7) is 0. The first-order chi connectivity index (χ1) is 11.9. The van der Waals surface area contributed by atoms with Crippen LogP contribution in [0.4, 0.5) is 10.1 Å². The van der Waals surface area contributed by atoms with E-state index < -0.39 is 11.7 Å². The topological polar surface area (TPSA) is 71.6 Å². The summed E-state index contributed by atoms with van der Waals surface area (Å²) < 4.78 is 23.4. The predicted octanol–water partition coefficient (Wildman–Crippen LogP) is 3.13. The van der Waals surface area contributed by atoms with Gasteiger partial charge < -0.3 is 14.8 Å². The van der Waals surface area contributed by atoms with E-state index in [2.05, 4.69) is 16.2 Å². The van der Waals surface area contributed by atoms with Crippen LogP contribution in [0.3, 0.4) is 0 Å². The van der Waals surface area contributed by atoms with Crippen molar-refractivity contribution in [2.45, 2.75) is 0 Å². The van der Waals surface area contributed by atoms with Gasteiger partial charge in [0, 0.05) is 11.3 Å². The maximum Gasteiger partial charge on any atom is 0.269 e. The van der Waals surface area contributed by atoms with Crippen molar-refractivity contribution in [3.63, 3.8) is 0 Å². The van der Waals surface area contributed by atoms with Crippen LogP contribution >= 0.6 is 23.8 Å². The molecule has 0 aromatic heterocycles. The lowest BCUT2D eigenvalue weighted by Gasteiger charge is -2.13. The standard InChI is InChI=1S/C16H15ClFN3O3S/c1-23-13-6-3-9(7-14(13)24-2)15(22)20-21-16(25)19-10-4-5-12(18)11(17)8-10/h3-8H,1-2H3,(H,20,22)(H2,19,21,25). The molecule has 0 aliphatic rings. The summed E-state index contributed by atoms with van der Waals surface area (Å²) in [5.74, 6) is -0.0238. The van der Waals surface area contributed by atoms with Gasteiger partial charge in [0.15, 0.2) is 16.6 Å². The van der Waals surface area contributed by atoms with Crippen LogP contribution in [0.2, 0.25) is 5.02 Å². The van der Waals surface area contributed by atoms with E-state index in [1.165, 1.54) is 38.5 Å².